The number of nitrogens with one attached hydrogen (secondary N) is 1. The Labute approximate surface area is 167 Å². The lowest BCUT2D eigenvalue weighted by molar-refractivity contribution is 0.102. The summed E-state index contributed by atoms with van der Waals surface area (Å²) in [6, 6.07) is 8.71. The number of carbonyl (C=O) groups excluding carboxylic acids is 1. The minimum absolute atomic E-state index is 0.0549. The summed E-state index contributed by atoms with van der Waals surface area (Å²) in [5.74, 6) is -0.504. The molecule has 0 bridgehead atoms. The molecule has 9 heteroatoms. The van der Waals surface area contributed by atoms with Crippen molar-refractivity contribution in [3.8, 4) is 0 Å². The van der Waals surface area contributed by atoms with Gasteiger partial charge in [0.2, 0.25) is 10.0 Å². The summed E-state index contributed by atoms with van der Waals surface area (Å²) >= 11 is 17.9. The highest BCUT2D eigenvalue weighted by Crippen LogP contribution is 2.27. The van der Waals surface area contributed by atoms with Gasteiger partial charge in [-0.1, -0.05) is 48.7 Å². The molecule has 0 unspecified atom stereocenters. The molecule has 0 aliphatic rings. The fraction of sp³-hybridized carbons (Fsp3) is 0.235. The van der Waals surface area contributed by atoms with Crippen LogP contribution >= 0.6 is 34.8 Å². The second-order valence-electron chi connectivity index (χ2n) is 5.35. The topological polar surface area (TPSA) is 66.5 Å². The smallest absolute Gasteiger partial charge is 0.255 e. The first kappa shape index (κ1) is 21.0. The number of carbonyl (C=O) groups is 1. The highest BCUT2D eigenvalue weighted by molar-refractivity contribution is 7.89. The largest absolute Gasteiger partial charge is 0.322 e. The number of sulfonamides is 1. The van der Waals surface area contributed by atoms with Crippen LogP contribution in [0.25, 0.3) is 0 Å². The van der Waals surface area contributed by atoms with Crippen LogP contribution in [-0.2, 0) is 10.0 Å². The van der Waals surface area contributed by atoms with E-state index in [0.29, 0.717) is 28.8 Å². The van der Waals surface area contributed by atoms with Crippen molar-refractivity contribution in [1.29, 1.82) is 0 Å². The van der Waals surface area contributed by atoms with Crippen LogP contribution in [0.15, 0.2) is 41.3 Å². The number of hydrogen-bond acceptors (Lipinski definition) is 3. The second-order valence-corrected chi connectivity index (χ2v) is 8.53. The van der Waals surface area contributed by atoms with Crippen molar-refractivity contribution in [3.63, 3.8) is 0 Å². The van der Waals surface area contributed by atoms with Crippen molar-refractivity contribution in [2.45, 2.75) is 18.7 Å². The number of hydrogen-bond donors (Lipinski definition) is 1. The Bertz CT molecular complexity index is 909. The van der Waals surface area contributed by atoms with Crippen molar-refractivity contribution in [1.82, 2.24) is 4.31 Å². The van der Waals surface area contributed by atoms with Gasteiger partial charge < -0.3 is 5.32 Å². The molecule has 2 aromatic carbocycles. The van der Waals surface area contributed by atoms with E-state index in [0.717, 1.165) is 0 Å². The first-order valence-electron chi connectivity index (χ1n) is 7.76. The van der Waals surface area contributed by atoms with Crippen molar-refractivity contribution >= 4 is 56.4 Å². The molecule has 26 heavy (non-hydrogen) atoms. The number of halogens is 3. The van der Waals surface area contributed by atoms with Crippen LogP contribution in [0.3, 0.4) is 0 Å². The molecule has 0 radical (unpaired) electrons. The van der Waals surface area contributed by atoms with Crippen LogP contribution in [0.5, 0.6) is 0 Å². The van der Waals surface area contributed by atoms with Crippen LogP contribution in [0, 0.1) is 0 Å². The normalized spacial score (nSPS) is 11.6. The standard InChI is InChI=1S/C17H17Cl3N2O3S/c1-3-22(4-2)26(24,25)16-7-11(5-6-15(16)20)17(23)21-14-9-12(18)8-13(19)10-14/h5-10H,3-4H2,1-2H3,(H,21,23). The maximum atomic E-state index is 12.7. The van der Waals surface area contributed by atoms with Crippen LogP contribution < -0.4 is 5.32 Å². The molecular formula is C17H17Cl3N2O3S. The maximum absolute atomic E-state index is 12.7. The Morgan fingerprint density at radius 2 is 1.58 bits per heavy atom. The van der Waals surface area contributed by atoms with Crippen molar-refractivity contribution in [2.75, 3.05) is 18.4 Å². The highest BCUT2D eigenvalue weighted by atomic mass is 35.5. The lowest BCUT2D eigenvalue weighted by Crippen LogP contribution is -2.31. The van der Waals surface area contributed by atoms with E-state index in [1.165, 1.54) is 40.7 Å². The van der Waals surface area contributed by atoms with E-state index in [1.54, 1.807) is 13.8 Å². The average Bonchev–Trinajstić information content (AvgIpc) is 2.54. The molecule has 0 spiro atoms. The van der Waals surface area contributed by atoms with Crippen LogP contribution in [0.2, 0.25) is 15.1 Å². The third-order valence-corrected chi connectivity index (χ3v) is 6.60. The average molecular weight is 436 g/mol. The molecule has 0 aliphatic heterocycles. The van der Waals surface area contributed by atoms with Gasteiger partial charge in [0.05, 0.1) is 5.02 Å². The van der Waals surface area contributed by atoms with E-state index in [1.807, 2.05) is 0 Å². The second kappa shape index (κ2) is 8.59. The number of rotatable bonds is 6. The van der Waals surface area contributed by atoms with Gasteiger partial charge in [0.15, 0.2) is 0 Å². The predicted octanol–water partition coefficient (Wildman–Crippen LogP) is 4.93. The Kier molecular flexibility index (Phi) is 6.93. The number of anilines is 1. The summed E-state index contributed by atoms with van der Waals surface area (Å²) in [4.78, 5) is 12.4. The van der Waals surface area contributed by atoms with Gasteiger partial charge in [-0.25, -0.2) is 8.42 Å². The zero-order valence-electron chi connectivity index (χ0n) is 14.1. The van der Waals surface area contributed by atoms with E-state index in [4.69, 9.17) is 34.8 Å². The molecule has 2 rings (SSSR count). The fourth-order valence-electron chi connectivity index (χ4n) is 2.37. The summed E-state index contributed by atoms with van der Waals surface area (Å²) in [5, 5.41) is 3.43. The summed E-state index contributed by atoms with van der Waals surface area (Å²) in [6.45, 7) is 4.06. The van der Waals surface area contributed by atoms with Gasteiger partial charge in [-0.3, -0.25) is 4.79 Å². The number of nitrogens with zero attached hydrogens (tertiary/aromatic N) is 1. The summed E-state index contributed by atoms with van der Waals surface area (Å²) in [6.07, 6.45) is 0. The molecular weight excluding hydrogens is 419 g/mol. The fourth-order valence-corrected chi connectivity index (χ4v) is 4.86. The molecule has 0 saturated heterocycles. The first-order chi connectivity index (χ1) is 12.2. The quantitative estimate of drug-likeness (QED) is 0.699. The van der Waals surface area contributed by atoms with E-state index >= 15 is 0 Å². The molecule has 0 heterocycles. The lowest BCUT2D eigenvalue weighted by Gasteiger charge is -2.19. The molecule has 0 fully saturated rings. The summed E-state index contributed by atoms with van der Waals surface area (Å²) in [5.41, 5.74) is 0.548. The Hall–Kier alpha value is -1.31. The molecule has 0 aromatic heterocycles. The Morgan fingerprint density at radius 3 is 2.12 bits per heavy atom. The van der Waals surface area contributed by atoms with Gasteiger partial charge in [-0.2, -0.15) is 4.31 Å². The van der Waals surface area contributed by atoms with Gasteiger partial charge >= 0.3 is 0 Å². The zero-order chi connectivity index (χ0) is 19.5. The molecule has 5 nitrogen and oxygen atoms in total. The predicted molar refractivity (Wildman–Crippen MR) is 106 cm³/mol. The molecule has 140 valence electrons. The van der Waals surface area contributed by atoms with Gasteiger partial charge in [-0.05, 0) is 36.4 Å². The number of amides is 1. The number of benzene rings is 2. The SMILES string of the molecule is CCN(CC)S(=O)(=O)c1cc(C(=O)Nc2cc(Cl)cc(Cl)c2)ccc1Cl. The van der Waals surface area contributed by atoms with Crippen LogP contribution in [-0.4, -0.2) is 31.7 Å². The van der Waals surface area contributed by atoms with Gasteiger partial charge in [0.25, 0.3) is 5.91 Å². The summed E-state index contributed by atoms with van der Waals surface area (Å²) in [7, 11) is -3.80. The minimum atomic E-state index is -3.80. The molecule has 1 N–H and O–H groups in total. The molecule has 0 aliphatic carbocycles. The van der Waals surface area contributed by atoms with Crippen LogP contribution in [0.4, 0.5) is 5.69 Å². The lowest BCUT2D eigenvalue weighted by atomic mass is 10.2. The van der Waals surface area contributed by atoms with Gasteiger partial charge in [-0.15, -0.1) is 0 Å². The third kappa shape index (κ3) is 4.69. The van der Waals surface area contributed by atoms with Crippen molar-refractivity contribution in [2.24, 2.45) is 0 Å². The summed E-state index contributed by atoms with van der Waals surface area (Å²) < 4.78 is 26.7. The molecule has 0 saturated carbocycles. The Morgan fingerprint density at radius 1 is 1.00 bits per heavy atom. The van der Waals surface area contributed by atoms with Gasteiger partial charge in [0, 0.05) is 34.4 Å². The van der Waals surface area contributed by atoms with Crippen molar-refractivity contribution < 1.29 is 13.2 Å². The maximum Gasteiger partial charge on any atom is 0.255 e. The van der Waals surface area contributed by atoms with E-state index in [-0.39, 0.29) is 15.5 Å². The first-order valence-corrected chi connectivity index (χ1v) is 10.3. The third-order valence-electron chi connectivity index (χ3n) is 3.64. The van der Waals surface area contributed by atoms with E-state index in [2.05, 4.69) is 5.32 Å². The Balaban J connectivity index is 2.38. The minimum Gasteiger partial charge on any atom is -0.322 e. The zero-order valence-corrected chi connectivity index (χ0v) is 17.2. The van der Waals surface area contributed by atoms with Gasteiger partial charge in [0.1, 0.15) is 4.90 Å². The van der Waals surface area contributed by atoms with Crippen LogP contribution in [0.1, 0.15) is 24.2 Å². The molecule has 1 amide bonds. The monoisotopic (exact) mass is 434 g/mol. The molecule has 2 aromatic rings. The van der Waals surface area contributed by atoms with E-state index < -0.39 is 15.9 Å². The molecule has 0 atom stereocenters. The van der Waals surface area contributed by atoms with E-state index in [9.17, 15) is 13.2 Å². The highest BCUT2D eigenvalue weighted by Gasteiger charge is 2.25. The van der Waals surface area contributed by atoms with Crippen molar-refractivity contribution in [3.05, 3.63) is 57.0 Å².